The van der Waals surface area contributed by atoms with Gasteiger partial charge in [0.15, 0.2) is 0 Å². The third-order valence-electron chi connectivity index (χ3n) is 5.99. The normalized spacial score (nSPS) is 12.4. The number of aromatic nitrogens is 3. The van der Waals surface area contributed by atoms with Crippen LogP contribution in [0.3, 0.4) is 0 Å². The van der Waals surface area contributed by atoms with Crippen LogP contribution in [0, 0.1) is 0 Å². The average molecular weight is 559 g/mol. The lowest BCUT2D eigenvalue weighted by atomic mass is 10.1. The molecule has 15 heteroatoms. The molecule has 5 N–H and O–H groups in total. The van der Waals surface area contributed by atoms with Crippen LogP contribution in [0.25, 0.3) is 0 Å². The maximum Gasteiger partial charge on any atom is 0.326 e. The number of nitrogens with one attached hydrogen (secondary N) is 2. The van der Waals surface area contributed by atoms with Crippen molar-refractivity contribution in [3.05, 3.63) is 11.9 Å². The molecule has 0 saturated carbocycles. The number of likely N-dealkylation sites (N-methyl/N-ethyl adjacent to an activating group) is 1. The molecular formula is C24H39FN6O8. The molecular weight excluding hydrogens is 519 g/mol. The quantitative estimate of drug-likeness (QED) is 0.137. The Morgan fingerprint density at radius 1 is 0.974 bits per heavy atom. The summed E-state index contributed by atoms with van der Waals surface area (Å²) >= 11 is 0. The van der Waals surface area contributed by atoms with E-state index in [0.717, 1.165) is 23.4 Å². The fourth-order valence-corrected chi connectivity index (χ4v) is 3.73. The van der Waals surface area contributed by atoms with Crippen LogP contribution in [-0.4, -0.2) is 97.4 Å². The van der Waals surface area contributed by atoms with Gasteiger partial charge in [0.1, 0.15) is 12.1 Å². The van der Waals surface area contributed by atoms with E-state index in [1.165, 1.54) is 7.05 Å². The maximum absolute atomic E-state index is 12.4. The number of hydrogen-bond donors (Lipinski definition) is 5. The Balaban J connectivity index is 2.26. The second-order valence-electron chi connectivity index (χ2n) is 9.16. The minimum absolute atomic E-state index is 0.0831. The molecule has 0 aromatic carbocycles. The molecule has 2 atom stereocenters. The minimum Gasteiger partial charge on any atom is -0.481 e. The van der Waals surface area contributed by atoms with Gasteiger partial charge in [-0.15, -0.1) is 5.10 Å². The van der Waals surface area contributed by atoms with Gasteiger partial charge in [0.05, 0.1) is 12.4 Å². The van der Waals surface area contributed by atoms with Crippen LogP contribution in [-0.2, 0) is 32.1 Å². The van der Waals surface area contributed by atoms with Gasteiger partial charge in [0.25, 0.3) is 0 Å². The van der Waals surface area contributed by atoms with Crippen molar-refractivity contribution < 1.29 is 43.7 Å². The molecule has 0 aliphatic heterocycles. The van der Waals surface area contributed by atoms with Crippen LogP contribution in [0.4, 0.5) is 9.18 Å². The first-order valence-corrected chi connectivity index (χ1v) is 13.0. The first-order chi connectivity index (χ1) is 18.5. The molecule has 1 heterocycles. The van der Waals surface area contributed by atoms with Crippen molar-refractivity contribution in [3.8, 4) is 0 Å². The van der Waals surface area contributed by atoms with Crippen LogP contribution in [0.15, 0.2) is 6.20 Å². The molecule has 14 nitrogen and oxygen atoms in total. The van der Waals surface area contributed by atoms with E-state index in [0.29, 0.717) is 51.6 Å². The Kier molecular flexibility index (Phi) is 15.7. The molecule has 0 aliphatic carbocycles. The Morgan fingerprint density at radius 3 is 2.36 bits per heavy atom. The van der Waals surface area contributed by atoms with Gasteiger partial charge in [-0.1, -0.05) is 11.6 Å². The smallest absolute Gasteiger partial charge is 0.326 e. The summed E-state index contributed by atoms with van der Waals surface area (Å²) in [4.78, 5) is 58.9. The van der Waals surface area contributed by atoms with E-state index in [9.17, 15) is 38.6 Å². The maximum atomic E-state index is 12.4. The highest BCUT2D eigenvalue weighted by molar-refractivity contribution is 5.86. The summed E-state index contributed by atoms with van der Waals surface area (Å²) in [5, 5.41) is 40.3. The molecule has 3 amide bonds. The summed E-state index contributed by atoms with van der Waals surface area (Å²) in [6, 6.07) is -3.62. The number of urea groups is 1. The number of aryl methyl sites for hydroxylation is 2. The predicted molar refractivity (Wildman–Crippen MR) is 136 cm³/mol. The van der Waals surface area contributed by atoms with E-state index in [4.69, 9.17) is 5.11 Å². The molecule has 0 bridgehead atoms. The molecule has 0 aliphatic rings. The van der Waals surface area contributed by atoms with Crippen LogP contribution in [0.2, 0.25) is 0 Å². The zero-order valence-electron chi connectivity index (χ0n) is 22.2. The van der Waals surface area contributed by atoms with Crippen molar-refractivity contribution >= 4 is 29.8 Å². The molecule has 1 rings (SSSR count). The average Bonchev–Trinajstić information content (AvgIpc) is 3.33. The number of carbonyl (C=O) groups excluding carboxylic acids is 2. The molecule has 0 unspecified atom stereocenters. The summed E-state index contributed by atoms with van der Waals surface area (Å²) in [5.74, 6) is -4.02. The summed E-state index contributed by atoms with van der Waals surface area (Å²) in [6.45, 7) is 0.627. The summed E-state index contributed by atoms with van der Waals surface area (Å²) < 4.78 is 13.9. The van der Waals surface area contributed by atoms with Crippen LogP contribution >= 0.6 is 0 Å². The lowest BCUT2D eigenvalue weighted by Gasteiger charge is -2.26. The van der Waals surface area contributed by atoms with Crippen molar-refractivity contribution in [2.24, 2.45) is 0 Å². The summed E-state index contributed by atoms with van der Waals surface area (Å²) in [5.41, 5.74) is 0.761. The SMILES string of the molecule is CN(C(=O)N[C@@H](CCC(=O)O)C(=O)O)[C@@H](CCCCNC(=O)CCCCCn1cc(CCCF)nn1)C(=O)O. The van der Waals surface area contributed by atoms with Crippen molar-refractivity contribution in [2.45, 2.75) is 89.3 Å². The van der Waals surface area contributed by atoms with Crippen molar-refractivity contribution in [2.75, 3.05) is 20.3 Å². The van der Waals surface area contributed by atoms with Crippen molar-refractivity contribution in [1.82, 2.24) is 30.5 Å². The van der Waals surface area contributed by atoms with Gasteiger partial charge in [0, 0.05) is 39.2 Å². The fraction of sp³-hybridized carbons (Fsp3) is 0.708. The summed E-state index contributed by atoms with van der Waals surface area (Å²) in [6.07, 6.45) is 5.63. The van der Waals surface area contributed by atoms with E-state index >= 15 is 0 Å². The number of aliphatic carboxylic acids is 3. The lowest BCUT2D eigenvalue weighted by molar-refractivity contribution is -0.142. The predicted octanol–water partition coefficient (Wildman–Crippen LogP) is 1.44. The van der Waals surface area contributed by atoms with E-state index in [1.54, 1.807) is 10.9 Å². The minimum atomic E-state index is -1.46. The Morgan fingerprint density at radius 2 is 1.72 bits per heavy atom. The third kappa shape index (κ3) is 14.1. The molecule has 0 radical (unpaired) electrons. The first kappa shape index (κ1) is 33.2. The van der Waals surface area contributed by atoms with E-state index in [1.807, 2.05) is 0 Å². The highest BCUT2D eigenvalue weighted by Gasteiger charge is 2.29. The van der Waals surface area contributed by atoms with E-state index in [-0.39, 0.29) is 25.4 Å². The molecule has 0 spiro atoms. The van der Waals surface area contributed by atoms with Gasteiger partial charge in [-0.05, 0) is 51.4 Å². The van der Waals surface area contributed by atoms with Gasteiger partial charge in [-0.25, -0.2) is 14.4 Å². The van der Waals surface area contributed by atoms with Crippen LogP contribution in [0.5, 0.6) is 0 Å². The molecule has 1 aromatic rings. The van der Waals surface area contributed by atoms with Gasteiger partial charge in [0.2, 0.25) is 5.91 Å². The number of carboxylic acids is 3. The number of rotatable bonds is 21. The van der Waals surface area contributed by atoms with Crippen LogP contribution < -0.4 is 10.6 Å². The number of carboxylic acid groups (broad SMARTS) is 3. The van der Waals surface area contributed by atoms with Gasteiger partial charge in [-0.2, -0.15) is 0 Å². The van der Waals surface area contributed by atoms with Crippen molar-refractivity contribution in [1.29, 1.82) is 0 Å². The molecule has 0 fully saturated rings. The molecule has 0 saturated heterocycles. The molecule has 39 heavy (non-hydrogen) atoms. The summed E-state index contributed by atoms with van der Waals surface area (Å²) in [7, 11) is 1.22. The zero-order valence-corrected chi connectivity index (χ0v) is 22.2. The second-order valence-corrected chi connectivity index (χ2v) is 9.16. The number of nitrogens with zero attached hydrogens (tertiary/aromatic N) is 4. The number of hydrogen-bond acceptors (Lipinski definition) is 7. The molecule has 220 valence electrons. The number of unbranched alkanes of at least 4 members (excludes halogenated alkanes) is 3. The molecule has 1 aromatic heterocycles. The largest absolute Gasteiger partial charge is 0.481 e. The second kappa shape index (κ2) is 18.5. The number of carbonyl (C=O) groups is 5. The number of alkyl halides is 1. The van der Waals surface area contributed by atoms with Gasteiger partial charge < -0.3 is 30.9 Å². The standard InChI is InChI=1S/C24H39FN6O8/c1-30(24(39)27-18(22(35)36)11-12-21(33)34)19(23(37)38)9-4-5-14-26-20(32)10-3-2-6-15-31-16-17(28-29-31)8-7-13-25/h16,18-19H,2-15H2,1H3,(H,26,32)(H,27,39)(H,33,34)(H,35,36)(H,37,38)/t18-,19-/m0/s1. The lowest BCUT2D eigenvalue weighted by Crippen LogP contribution is -2.52. The monoisotopic (exact) mass is 558 g/mol. The Hall–Kier alpha value is -3.78. The van der Waals surface area contributed by atoms with Gasteiger partial charge in [-0.3, -0.25) is 18.7 Å². The van der Waals surface area contributed by atoms with E-state index < -0.39 is 42.4 Å². The Labute approximate surface area is 225 Å². The number of amides is 3. The van der Waals surface area contributed by atoms with E-state index in [2.05, 4.69) is 20.9 Å². The zero-order chi connectivity index (χ0) is 29.2. The first-order valence-electron chi connectivity index (χ1n) is 13.0. The fourth-order valence-electron chi connectivity index (χ4n) is 3.73. The van der Waals surface area contributed by atoms with Crippen LogP contribution in [0.1, 0.15) is 69.9 Å². The Bertz CT molecular complexity index is 943. The topological polar surface area (TPSA) is 204 Å². The highest BCUT2D eigenvalue weighted by atomic mass is 19.1. The number of halogens is 1. The highest BCUT2D eigenvalue weighted by Crippen LogP contribution is 2.10. The van der Waals surface area contributed by atoms with Gasteiger partial charge >= 0.3 is 23.9 Å². The van der Waals surface area contributed by atoms with Crippen molar-refractivity contribution in [3.63, 3.8) is 0 Å². The third-order valence-corrected chi connectivity index (χ3v) is 5.99.